The smallest absolute Gasteiger partial charge is 0.133 e. The number of rotatable bonds is 3. The summed E-state index contributed by atoms with van der Waals surface area (Å²) in [7, 11) is 1.62. The highest BCUT2D eigenvalue weighted by atomic mass is 19.1. The molecule has 0 amide bonds. The van der Waals surface area contributed by atoms with E-state index in [2.05, 4.69) is 4.98 Å². The average molecular weight is 260 g/mol. The van der Waals surface area contributed by atoms with E-state index < -0.39 is 0 Å². The standard InChI is InChI=1S/C15H17FN2O/c1-8(17)14-13(9-3-4-9)15(19-2)11-7-10(16)5-6-12(11)18-14/h5-9H,3-4,17H2,1-2H3. The fraction of sp³-hybridized carbons (Fsp3) is 0.400. The minimum Gasteiger partial charge on any atom is -0.496 e. The fourth-order valence-corrected chi connectivity index (χ4v) is 2.57. The lowest BCUT2D eigenvalue weighted by molar-refractivity contribution is 0.412. The molecule has 1 aromatic carbocycles. The Balaban J connectivity index is 2.36. The molecule has 1 aliphatic carbocycles. The van der Waals surface area contributed by atoms with Crippen LogP contribution in [-0.2, 0) is 0 Å². The van der Waals surface area contributed by atoms with Crippen molar-refractivity contribution >= 4 is 10.9 Å². The summed E-state index contributed by atoms with van der Waals surface area (Å²) in [6, 6.07) is 4.42. The second-order valence-electron chi connectivity index (χ2n) is 5.17. The van der Waals surface area contributed by atoms with Crippen molar-refractivity contribution in [2.75, 3.05) is 7.11 Å². The van der Waals surface area contributed by atoms with Gasteiger partial charge in [0.15, 0.2) is 0 Å². The van der Waals surface area contributed by atoms with Crippen LogP contribution in [0.5, 0.6) is 5.75 Å². The number of pyridine rings is 1. The number of methoxy groups -OCH3 is 1. The van der Waals surface area contributed by atoms with Crippen LogP contribution < -0.4 is 10.5 Å². The summed E-state index contributed by atoms with van der Waals surface area (Å²) in [5, 5.41) is 0.730. The van der Waals surface area contributed by atoms with Crippen molar-refractivity contribution < 1.29 is 9.13 Å². The fourth-order valence-electron chi connectivity index (χ4n) is 2.57. The van der Waals surface area contributed by atoms with Crippen molar-refractivity contribution in [2.45, 2.75) is 31.7 Å². The van der Waals surface area contributed by atoms with Crippen LogP contribution in [0, 0.1) is 5.82 Å². The quantitative estimate of drug-likeness (QED) is 0.921. The topological polar surface area (TPSA) is 48.1 Å². The van der Waals surface area contributed by atoms with E-state index in [9.17, 15) is 4.39 Å². The summed E-state index contributed by atoms with van der Waals surface area (Å²) < 4.78 is 19.0. The van der Waals surface area contributed by atoms with E-state index in [0.717, 1.165) is 40.8 Å². The van der Waals surface area contributed by atoms with E-state index in [1.807, 2.05) is 6.92 Å². The van der Waals surface area contributed by atoms with Gasteiger partial charge in [0.1, 0.15) is 11.6 Å². The molecule has 3 nitrogen and oxygen atoms in total. The minimum atomic E-state index is -0.275. The second kappa shape index (κ2) is 4.46. The average Bonchev–Trinajstić information content (AvgIpc) is 3.20. The summed E-state index contributed by atoms with van der Waals surface area (Å²) in [4.78, 5) is 4.61. The predicted octanol–water partition coefficient (Wildman–Crippen LogP) is 3.28. The number of halogens is 1. The molecule has 0 radical (unpaired) electrons. The highest BCUT2D eigenvalue weighted by Crippen LogP contribution is 2.48. The molecule has 0 bridgehead atoms. The Hall–Kier alpha value is -1.68. The Morgan fingerprint density at radius 1 is 1.42 bits per heavy atom. The number of nitrogens with zero attached hydrogens (tertiary/aromatic N) is 1. The lowest BCUT2D eigenvalue weighted by Crippen LogP contribution is -2.12. The van der Waals surface area contributed by atoms with Crippen molar-refractivity contribution in [3.63, 3.8) is 0 Å². The first-order valence-corrected chi connectivity index (χ1v) is 6.54. The molecule has 4 heteroatoms. The van der Waals surface area contributed by atoms with Crippen LogP contribution in [0.2, 0.25) is 0 Å². The highest BCUT2D eigenvalue weighted by molar-refractivity contribution is 5.87. The SMILES string of the molecule is COc1c(C2CC2)c(C(C)N)nc2ccc(F)cc12. The van der Waals surface area contributed by atoms with Crippen LogP contribution in [0.15, 0.2) is 18.2 Å². The Kier molecular flexibility index (Phi) is 2.90. The minimum absolute atomic E-state index is 0.154. The second-order valence-corrected chi connectivity index (χ2v) is 5.17. The van der Waals surface area contributed by atoms with Crippen LogP contribution in [0.1, 0.15) is 43.0 Å². The normalized spacial score (nSPS) is 16.6. The van der Waals surface area contributed by atoms with Gasteiger partial charge >= 0.3 is 0 Å². The number of ether oxygens (including phenoxy) is 1. The molecule has 1 aliphatic rings. The van der Waals surface area contributed by atoms with Gasteiger partial charge in [-0.15, -0.1) is 0 Å². The summed E-state index contributed by atoms with van der Waals surface area (Å²) in [5.41, 5.74) is 8.70. The number of hydrogen-bond donors (Lipinski definition) is 1. The van der Waals surface area contributed by atoms with Gasteiger partial charge in [-0.1, -0.05) is 0 Å². The van der Waals surface area contributed by atoms with E-state index in [1.54, 1.807) is 13.2 Å². The zero-order valence-electron chi connectivity index (χ0n) is 11.1. The first-order valence-electron chi connectivity index (χ1n) is 6.54. The molecule has 100 valence electrons. The van der Waals surface area contributed by atoms with Crippen LogP contribution in [0.4, 0.5) is 4.39 Å². The van der Waals surface area contributed by atoms with Crippen LogP contribution in [-0.4, -0.2) is 12.1 Å². The molecule has 1 saturated carbocycles. The molecular weight excluding hydrogens is 243 g/mol. The zero-order valence-corrected chi connectivity index (χ0v) is 11.1. The molecule has 0 spiro atoms. The monoisotopic (exact) mass is 260 g/mol. The van der Waals surface area contributed by atoms with Gasteiger partial charge < -0.3 is 10.5 Å². The maximum absolute atomic E-state index is 13.5. The maximum atomic E-state index is 13.5. The molecule has 19 heavy (non-hydrogen) atoms. The van der Waals surface area contributed by atoms with Crippen molar-refractivity contribution in [1.29, 1.82) is 0 Å². The van der Waals surface area contributed by atoms with Gasteiger partial charge in [-0.3, -0.25) is 4.98 Å². The number of hydrogen-bond acceptors (Lipinski definition) is 3. The van der Waals surface area contributed by atoms with Crippen LogP contribution >= 0.6 is 0 Å². The molecule has 1 heterocycles. The number of aromatic nitrogens is 1. The zero-order chi connectivity index (χ0) is 13.6. The third-order valence-electron chi connectivity index (χ3n) is 3.59. The Morgan fingerprint density at radius 3 is 2.74 bits per heavy atom. The molecule has 3 rings (SSSR count). The molecule has 1 atom stereocenters. The first kappa shape index (κ1) is 12.4. The molecule has 2 N–H and O–H groups in total. The largest absolute Gasteiger partial charge is 0.496 e. The Morgan fingerprint density at radius 2 is 2.16 bits per heavy atom. The van der Waals surface area contributed by atoms with E-state index >= 15 is 0 Å². The number of nitrogens with two attached hydrogens (primary N) is 1. The lowest BCUT2D eigenvalue weighted by atomic mass is 10.00. The van der Waals surface area contributed by atoms with Gasteiger partial charge in [-0.25, -0.2) is 4.39 Å². The molecule has 0 saturated heterocycles. The number of benzene rings is 1. The van der Waals surface area contributed by atoms with Crippen molar-refractivity contribution in [3.8, 4) is 5.75 Å². The summed E-state index contributed by atoms with van der Waals surface area (Å²) in [5.74, 6) is 0.915. The third kappa shape index (κ3) is 2.06. The van der Waals surface area contributed by atoms with Crippen LogP contribution in [0.25, 0.3) is 10.9 Å². The number of fused-ring (bicyclic) bond motifs is 1. The summed E-state index contributed by atoms with van der Waals surface area (Å²) >= 11 is 0. The van der Waals surface area contributed by atoms with E-state index in [1.165, 1.54) is 12.1 Å². The van der Waals surface area contributed by atoms with Crippen molar-refractivity contribution in [1.82, 2.24) is 4.98 Å². The summed E-state index contributed by atoms with van der Waals surface area (Å²) in [6.07, 6.45) is 2.25. The highest BCUT2D eigenvalue weighted by Gasteiger charge is 2.32. The van der Waals surface area contributed by atoms with Gasteiger partial charge in [0.05, 0.1) is 18.3 Å². The Labute approximate surface area is 111 Å². The molecule has 0 aliphatic heterocycles. The van der Waals surface area contributed by atoms with Crippen molar-refractivity contribution in [2.24, 2.45) is 5.73 Å². The van der Waals surface area contributed by atoms with E-state index in [-0.39, 0.29) is 11.9 Å². The molecule has 1 aromatic heterocycles. The molecule has 1 unspecified atom stereocenters. The predicted molar refractivity (Wildman–Crippen MR) is 72.8 cm³/mol. The summed E-state index contributed by atoms with van der Waals surface area (Å²) in [6.45, 7) is 1.92. The van der Waals surface area contributed by atoms with E-state index in [4.69, 9.17) is 10.5 Å². The van der Waals surface area contributed by atoms with Gasteiger partial charge in [0.25, 0.3) is 0 Å². The first-order chi connectivity index (χ1) is 9.11. The van der Waals surface area contributed by atoms with Gasteiger partial charge in [0, 0.05) is 17.0 Å². The Bertz CT molecular complexity index is 636. The molecule has 2 aromatic rings. The van der Waals surface area contributed by atoms with Gasteiger partial charge in [0.2, 0.25) is 0 Å². The van der Waals surface area contributed by atoms with Gasteiger partial charge in [-0.2, -0.15) is 0 Å². The van der Waals surface area contributed by atoms with E-state index in [0.29, 0.717) is 5.92 Å². The van der Waals surface area contributed by atoms with Crippen LogP contribution in [0.3, 0.4) is 0 Å². The lowest BCUT2D eigenvalue weighted by Gasteiger charge is -2.17. The van der Waals surface area contributed by atoms with Gasteiger partial charge in [-0.05, 0) is 43.9 Å². The molecule has 1 fully saturated rings. The molecular formula is C15H17FN2O. The third-order valence-corrected chi connectivity index (χ3v) is 3.59. The maximum Gasteiger partial charge on any atom is 0.133 e. The van der Waals surface area contributed by atoms with Crippen molar-refractivity contribution in [3.05, 3.63) is 35.3 Å².